The molecule has 3 aromatic rings. The number of benzene rings is 2. The SMILES string of the molecule is CCCCCC(=O)Nc1ccc(-n2nc(OC)nc2-c2ccccc2C)cc1. The number of aromatic nitrogens is 3. The third kappa shape index (κ3) is 4.57. The Morgan fingerprint density at radius 2 is 1.86 bits per heavy atom. The largest absolute Gasteiger partial charge is 0.466 e. The fourth-order valence-corrected chi connectivity index (χ4v) is 3.00. The van der Waals surface area contributed by atoms with Crippen LogP contribution in [0.25, 0.3) is 17.1 Å². The van der Waals surface area contributed by atoms with Gasteiger partial charge in [-0.25, -0.2) is 4.68 Å². The van der Waals surface area contributed by atoms with Gasteiger partial charge in [0.1, 0.15) is 0 Å². The average molecular weight is 378 g/mol. The van der Waals surface area contributed by atoms with E-state index in [0.717, 1.165) is 41.8 Å². The van der Waals surface area contributed by atoms with Gasteiger partial charge in [0.2, 0.25) is 5.91 Å². The molecule has 0 aliphatic carbocycles. The van der Waals surface area contributed by atoms with Crippen molar-refractivity contribution < 1.29 is 9.53 Å². The molecule has 0 atom stereocenters. The molecule has 1 heterocycles. The molecule has 2 aromatic carbocycles. The molecule has 1 aromatic heterocycles. The van der Waals surface area contributed by atoms with Crippen molar-refractivity contribution in [3.8, 4) is 23.1 Å². The van der Waals surface area contributed by atoms with Crippen LogP contribution in [-0.2, 0) is 4.79 Å². The van der Waals surface area contributed by atoms with Crippen LogP contribution in [0, 0.1) is 6.92 Å². The molecule has 0 unspecified atom stereocenters. The van der Waals surface area contributed by atoms with E-state index in [-0.39, 0.29) is 5.91 Å². The van der Waals surface area contributed by atoms with Crippen molar-refractivity contribution in [2.75, 3.05) is 12.4 Å². The number of anilines is 1. The van der Waals surface area contributed by atoms with E-state index in [1.54, 1.807) is 11.8 Å². The Morgan fingerprint density at radius 1 is 1.11 bits per heavy atom. The minimum atomic E-state index is 0.0456. The smallest absolute Gasteiger partial charge is 0.336 e. The summed E-state index contributed by atoms with van der Waals surface area (Å²) in [5.41, 5.74) is 3.72. The molecule has 146 valence electrons. The van der Waals surface area contributed by atoms with Gasteiger partial charge in [0, 0.05) is 17.7 Å². The van der Waals surface area contributed by atoms with Gasteiger partial charge < -0.3 is 10.1 Å². The molecule has 6 nitrogen and oxygen atoms in total. The molecule has 6 heteroatoms. The number of nitrogens with zero attached hydrogens (tertiary/aromatic N) is 3. The molecular weight excluding hydrogens is 352 g/mol. The number of rotatable bonds is 8. The number of ether oxygens (including phenoxy) is 1. The first kappa shape index (κ1) is 19.6. The fourth-order valence-electron chi connectivity index (χ4n) is 3.00. The zero-order valence-corrected chi connectivity index (χ0v) is 16.6. The van der Waals surface area contributed by atoms with Gasteiger partial charge in [-0.2, -0.15) is 4.98 Å². The molecule has 3 rings (SSSR count). The first-order valence-corrected chi connectivity index (χ1v) is 9.59. The van der Waals surface area contributed by atoms with E-state index < -0.39 is 0 Å². The second kappa shape index (κ2) is 9.17. The van der Waals surface area contributed by atoms with E-state index in [4.69, 9.17) is 4.74 Å². The fraction of sp³-hybridized carbons (Fsp3) is 0.318. The van der Waals surface area contributed by atoms with Crippen LogP contribution in [0.2, 0.25) is 0 Å². The molecule has 0 saturated carbocycles. The zero-order valence-electron chi connectivity index (χ0n) is 16.6. The van der Waals surface area contributed by atoms with Gasteiger partial charge in [-0.1, -0.05) is 44.0 Å². The summed E-state index contributed by atoms with van der Waals surface area (Å²) in [5, 5.41) is 7.40. The van der Waals surface area contributed by atoms with Gasteiger partial charge in [0.25, 0.3) is 0 Å². The Kier molecular flexibility index (Phi) is 6.42. The van der Waals surface area contributed by atoms with Crippen molar-refractivity contribution in [1.29, 1.82) is 0 Å². The lowest BCUT2D eigenvalue weighted by Gasteiger charge is -2.09. The summed E-state index contributed by atoms with van der Waals surface area (Å²) in [7, 11) is 1.55. The lowest BCUT2D eigenvalue weighted by molar-refractivity contribution is -0.116. The normalized spacial score (nSPS) is 10.7. The van der Waals surface area contributed by atoms with Gasteiger partial charge in [-0.05, 0) is 43.2 Å². The molecule has 1 amide bonds. The third-order valence-corrected chi connectivity index (χ3v) is 4.56. The number of carbonyl (C=O) groups excluding carboxylic acids is 1. The third-order valence-electron chi connectivity index (χ3n) is 4.56. The van der Waals surface area contributed by atoms with Gasteiger partial charge in [-0.15, -0.1) is 5.10 Å². The maximum atomic E-state index is 12.0. The maximum absolute atomic E-state index is 12.0. The molecule has 0 radical (unpaired) electrons. The molecule has 0 aliphatic heterocycles. The van der Waals surface area contributed by atoms with Crippen molar-refractivity contribution in [2.24, 2.45) is 0 Å². The lowest BCUT2D eigenvalue weighted by atomic mass is 10.1. The van der Waals surface area contributed by atoms with Crippen LogP contribution in [-0.4, -0.2) is 27.8 Å². The van der Waals surface area contributed by atoms with E-state index in [2.05, 4.69) is 22.3 Å². The summed E-state index contributed by atoms with van der Waals surface area (Å²) in [6.07, 6.45) is 3.64. The molecular formula is C22H26N4O2. The van der Waals surface area contributed by atoms with Crippen molar-refractivity contribution in [1.82, 2.24) is 14.8 Å². The quantitative estimate of drug-likeness (QED) is 0.573. The van der Waals surface area contributed by atoms with Crippen LogP contribution in [0.1, 0.15) is 38.2 Å². The Labute approximate surface area is 165 Å². The molecule has 28 heavy (non-hydrogen) atoms. The Balaban J connectivity index is 1.83. The van der Waals surface area contributed by atoms with Crippen LogP contribution < -0.4 is 10.1 Å². The highest BCUT2D eigenvalue weighted by atomic mass is 16.5. The minimum Gasteiger partial charge on any atom is -0.466 e. The minimum absolute atomic E-state index is 0.0456. The monoisotopic (exact) mass is 378 g/mol. The Morgan fingerprint density at radius 3 is 2.54 bits per heavy atom. The Hall–Kier alpha value is -3.15. The van der Waals surface area contributed by atoms with Crippen molar-refractivity contribution in [3.05, 3.63) is 54.1 Å². The molecule has 0 fully saturated rings. The zero-order chi connectivity index (χ0) is 19.9. The number of amides is 1. The number of unbranched alkanes of at least 4 members (excludes halogenated alkanes) is 2. The number of carbonyl (C=O) groups is 1. The molecule has 0 saturated heterocycles. The number of hydrogen-bond donors (Lipinski definition) is 1. The number of hydrogen-bond acceptors (Lipinski definition) is 4. The molecule has 0 bridgehead atoms. The summed E-state index contributed by atoms with van der Waals surface area (Å²) >= 11 is 0. The summed E-state index contributed by atoms with van der Waals surface area (Å²) in [6.45, 7) is 4.17. The second-order valence-corrected chi connectivity index (χ2v) is 6.70. The van der Waals surface area contributed by atoms with E-state index in [9.17, 15) is 4.79 Å². The van der Waals surface area contributed by atoms with Crippen molar-refractivity contribution in [2.45, 2.75) is 39.5 Å². The highest BCUT2D eigenvalue weighted by Gasteiger charge is 2.15. The Bertz CT molecular complexity index is 932. The predicted octanol–water partition coefficient (Wildman–Crippen LogP) is 4.77. The average Bonchev–Trinajstić information content (AvgIpc) is 3.13. The first-order chi connectivity index (χ1) is 13.6. The van der Waals surface area contributed by atoms with E-state index in [0.29, 0.717) is 18.3 Å². The van der Waals surface area contributed by atoms with Crippen LogP contribution in [0.3, 0.4) is 0 Å². The van der Waals surface area contributed by atoms with Crippen LogP contribution in [0.4, 0.5) is 5.69 Å². The van der Waals surface area contributed by atoms with E-state index >= 15 is 0 Å². The summed E-state index contributed by atoms with van der Waals surface area (Å²) in [5.74, 6) is 0.760. The van der Waals surface area contributed by atoms with Crippen molar-refractivity contribution in [3.63, 3.8) is 0 Å². The number of nitrogens with one attached hydrogen (secondary N) is 1. The topological polar surface area (TPSA) is 69.0 Å². The number of methoxy groups -OCH3 is 1. The van der Waals surface area contributed by atoms with Gasteiger partial charge in [-0.3, -0.25) is 4.79 Å². The summed E-state index contributed by atoms with van der Waals surface area (Å²) in [6, 6.07) is 15.9. The van der Waals surface area contributed by atoms with Crippen LogP contribution in [0.5, 0.6) is 6.01 Å². The molecule has 0 spiro atoms. The van der Waals surface area contributed by atoms with Gasteiger partial charge in [0.05, 0.1) is 12.8 Å². The first-order valence-electron chi connectivity index (χ1n) is 9.59. The van der Waals surface area contributed by atoms with Gasteiger partial charge >= 0.3 is 6.01 Å². The molecule has 0 aliphatic rings. The molecule has 1 N–H and O–H groups in total. The van der Waals surface area contributed by atoms with E-state index in [1.165, 1.54) is 0 Å². The maximum Gasteiger partial charge on any atom is 0.336 e. The van der Waals surface area contributed by atoms with Gasteiger partial charge in [0.15, 0.2) is 5.82 Å². The summed E-state index contributed by atoms with van der Waals surface area (Å²) < 4.78 is 7.00. The standard InChI is InChI=1S/C22H26N4O2/c1-4-5-6-11-20(27)23-17-12-14-18(15-13-17)26-21(24-22(25-26)28-3)19-10-8-7-9-16(19)2/h7-10,12-15H,4-6,11H2,1-3H3,(H,23,27). The second-order valence-electron chi connectivity index (χ2n) is 6.70. The predicted molar refractivity (Wildman–Crippen MR) is 111 cm³/mol. The highest BCUT2D eigenvalue weighted by molar-refractivity contribution is 5.90. The highest BCUT2D eigenvalue weighted by Crippen LogP contribution is 2.26. The van der Waals surface area contributed by atoms with Crippen molar-refractivity contribution >= 4 is 11.6 Å². The van der Waals surface area contributed by atoms with E-state index in [1.807, 2.05) is 55.5 Å². The summed E-state index contributed by atoms with van der Waals surface area (Å²) in [4.78, 5) is 16.5. The van der Waals surface area contributed by atoms with Crippen LogP contribution in [0.15, 0.2) is 48.5 Å². The number of aryl methyl sites for hydroxylation is 1. The lowest BCUT2D eigenvalue weighted by Crippen LogP contribution is -2.11. The van der Waals surface area contributed by atoms with Crippen LogP contribution >= 0.6 is 0 Å².